The first kappa shape index (κ1) is 18.2. The molecule has 1 aromatic carbocycles. The molecule has 0 bridgehead atoms. The highest BCUT2D eigenvalue weighted by atomic mass is 32.2. The van der Waals surface area contributed by atoms with E-state index >= 15 is 0 Å². The van der Waals surface area contributed by atoms with Crippen LogP contribution in [-0.4, -0.2) is 44.0 Å². The topological polar surface area (TPSA) is 97.4 Å². The summed E-state index contributed by atoms with van der Waals surface area (Å²) in [6.07, 6.45) is 2.06. The summed E-state index contributed by atoms with van der Waals surface area (Å²) < 4.78 is 28.4. The van der Waals surface area contributed by atoms with Crippen molar-refractivity contribution < 1.29 is 17.9 Å². The summed E-state index contributed by atoms with van der Waals surface area (Å²) in [7, 11) is -1.43. The molecular formula is C18H21N3O4S. The smallest absolute Gasteiger partial charge is 0.255 e. The Balaban J connectivity index is 1.73. The van der Waals surface area contributed by atoms with E-state index in [4.69, 9.17) is 4.74 Å². The van der Waals surface area contributed by atoms with Gasteiger partial charge in [0, 0.05) is 17.8 Å². The predicted octanol–water partition coefficient (Wildman–Crippen LogP) is 2.25. The molecule has 1 aliphatic heterocycles. The van der Waals surface area contributed by atoms with Gasteiger partial charge in [-0.1, -0.05) is 6.07 Å². The van der Waals surface area contributed by atoms with E-state index in [9.17, 15) is 13.2 Å². The molecule has 0 spiro atoms. The molecule has 1 fully saturated rings. The lowest BCUT2D eigenvalue weighted by Crippen LogP contribution is -2.21. The van der Waals surface area contributed by atoms with Crippen molar-refractivity contribution in [1.29, 1.82) is 0 Å². The molecule has 1 amide bonds. The highest BCUT2D eigenvalue weighted by molar-refractivity contribution is 7.91. The van der Waals surface area contributed by atoms with Crippen molar-refractivity contribution in [3.63, 3.8) is 0 Å². The first-order valence-corrected chi connectivity index (χ1v) is 10.1. The zero-order valence-corrected chi connectivity index (χ0v) is 15.5. The molecule has 0 aliphatic carbocycles. The number of benzene rings is 1. The van der Waals surface area contributed by atoms with Crippen LogP contribution in [0.4, 0.5) is 11.5 Å². The number of rotatable bonds is 5. The minimum atomic E-state index is -2.98. The van der Waals surface area contributed by atoms with Gasteiger partial charge in [0.15, 0.2) is 9.84 Å². The third-order valence-corrected chi connectivity index (χ3v) is 5.98. The summed E-state index contributed by atoms with van der Waals surface area (Å²) in [5.74, 6) is 1.03. The molecular weight excluding hydrogens is 354 g/mol. The zero-order chi connectivity index (χ0) is 18.7. The molecule has 7 nitrogen and oxygen atoms in total. The van der Waals surface area contributed by atoms with E-state index in [0.717, 1.165) is 5.56 Å². The van der Waals surface area contributed by atoms with Crippen LogP contribution in [0.3, 0.4) is 0 Å². The molecule has 138 valence electrons. The Bertz CT molecular complexity index is 928. The number of aryl methyl sites for hydroxylation is 1. The Morgan fingerprint density at radius 1 is 1.27 bits per heavy atom. The van der Waals surface area contributed by atoms with Crippen molar-refractivity contribution in [2.75, 3.05) is 29.2 Å². The molecule has 1 aliphatic rings. The molecule has 1 atom stereocenters. The van der Waals surface area contributed by atoms with E-state index in [2.05, 4.69) is 15.6 Å². The molecule has 0 saturated carbocycles. The minimum Gasteiger partial charge on any atom is -0.495 e. The quantitative estimate of drug-likeness (QED) is 0.832. The lowest BCUT2D eigenvalue weighted by atomic mass is 10.2. The lowest BCUT2D eigenvalue weighted by molar-refractivity contribution is 0.102. The van der Waals surface area contributed by atoms with Gasteiger partial charge >= 0.3 is 0 Å². The number of hydrogen-bond acceptors (Lipinski definition) is 6. The monoisotopic (exact) mass is 375 g/mol. The Morgan fingerprint density at radius 2 is 2.08 bits per heavy atom. The van der Waals surface area contributed by atoms with Crippen molar-refractivity contribution in [3.05, 3.63) is 47.7 Å². The largest absolute Gasteiger partial charge is 0.495 e. The first-order valence-electron chi connectivity index (χ1n) is 8.25. The van der Waals surface area contributed by atoms with E-state index < -0.39 is 9.84 Å². The van der Waals surface area contributed by atoms with Crippen LogP contribution in [0.2, 0.25) is 0 Å². The second kappa shape index (κ2) is 7.33. The van der Waals surface area contributed by atoms with Crippen molar-refractivity contribution >= 4 is 27.2 Å². The highest BCUT2D eigenvalue weighted by Crippen LogP contribution is 2.26. The maximum absolute atomic E-state index is 12.6. The van der Waals surface area contributed by atoms with Gasteiger partial charge < -0.3 is 15.4 Å². The van der Waals surface area contributed by atoms with Crippen molar-refractivity contribution in [1.82, 2.24) is 4.98 Å². The molecule has 1 saturated heterocycles. The van der Waals surface area contributed by atoms with Crippen LogP contribution in [0.1, 0.15) is 22.3 Å². The Kier molecular flexibility index (Phi) is 5.13. The number of aromatic nitrogens is 1. The SMILES string of the molecule is COc1ccc(C)cc1NC(=O)c1ccnc(NC2CCS(=O)(=O)C2)c1. The summed E-state index contributed by atoms with van der Waals surface area (Å²) in [6.45, 7) is 1.93. The predicted molar refractivity (Wildman–Crippen MR) is 101 cm³/mol. The Morgan fingerprint density at radius 3 is 2.77 bits per heavy atom. The molecule has 1 aromatic heterocycles. The number of carbonyl (C=O) groups is 1. The van der Waals surface area contributed by atoms with Gasteiger partial charge in [-0.2, -0.15) is 0 Å². The molecule has 2 N–H and O–H groups in total. The number of nitrogens with zero attached hydrogens (tertiary/aromatic N) is 1. The second-order valence-electron chi connectivity index (χ2n) is 6.33. The maximum atomic E-state index is 12.6. The zero-order valence-electron chi connectivity index (χ0n) is 14.7. The lowest BCUT2D eigenvalue weighted by Gasteiger charge is -2.13. The minimum absolute atomic E-state index is 0.0889. The van der Waals surface area contributed by atoms with Crippen molar-refractivity contribution in [3.8, 4) is 5.75 Å². The van der Waals surface area contributed by atoms with Crippen molar-refractivity contribution in [2.45, 2.75) is 19.4 Å². The number of methoxy groups -OCH3 is 1. The van der Waals surface area contributed by atoms with Crippen LogP contribution in [0, 0.1) is 6.92 Å². The third kappa shape index (κ3) is 4.32. The fourth-order valence-electron chi connectivity index (χ4n) is 2.88. The summed E-state index contributed by atoms with van der Waals surface area (Å²) in [4.78, 5) is 16.7. The molecule has 1 unspecified atom stereocenters. The van der Waals surface area contributed by atoms with Gasteiger partial charge in [-0.15, -0.1) is 0 Å². The number of ether oxygens (including phenoxy) is 1. The molecule has 2 heterocycles. The van der Waals surface area contributed by atoms with E-state index in [1.165, 1.54) is 6.20 Å². The van der Waals surface area contributed by atoms with E-state index in [0.29, 0.717) is 29.2 Å². The normalized spacial score (nSPS) is 18.3. The number of hydrogen-bond donors (Lipinski definition) is 2. The maximum Gasteiger partial charge on any atom is 0.255 e. The van der Waals surface area contributed by atoms with Gasteiger partial charge in [0.2, 0.25) is 0 Å². The number of amides is 1. The third-order valence-electron chi connectivity index (χ3n) is 4.21. The van der Waals surface area contributed by atoms with Crippen LogP contribution in [0.5, 0.6) is 5.75 Å². The van der Waals surface area contributed by atoms with Crippen LogP contribution < -0.4 is 15.4 Å². The number of sulfone groups is 1. The number of pyridine rings is 1. The van der Waals surface area contributed by atoms with Crippen LogP contribution >= 0.6 is 0 Å². The summed E-state index contributed by atoms with van der Waals surface area (Å²) in [6, 6.07) is 8.57. The summed E-state index contributed by atoms with van der Waals surface area (Å²) >= 11 is 0. The average molecular weight is 375 g/mol. The highest BCUT2D eigenvalue weighted by Gasteiger charge is 2.28. The number of anilines is 2. The van der Waals surface area contributed by atoms with Crippen molar-refractivity contribution in [2.24, 2.45) is 0 Å². The summed E-state index contributed by atoms with van der Waals surface area (Å²) in [5.41, 5.74) is 2.01. The molecule has 0 radical (unpaired) electrons. The van der Waals surface area contributed by atoms with Crippen LogP contribution in [0.25, 0.3) is 0 Å². The molecule has 2 aromatic rings. The molecule has 8 heteroatoms. The first-order chi connectivity index (χ1) is 12.4. The molecule has 3 rings (SSSR count). The van der Waals surface area contributed by atoms with E-state index in [-0.39, 0.29) is 23.5 Å². The van der Waals surface area contributed by atoms with Gasteiger partial charge in [0.05, 0.1) is 24.3 Å². The summed E-state index contributed by atoms with van der Waals surface area (Å²) in [5, 5.41) is 5.93. The molecule has 26 heavy (non-hydrogen) atoms. The standard InChI is InChI=1S/C18H21N3O4S/c1-12-3-4-16(25-2)15(9-12)21-18(22)13-5-7-19-17(10-13)20-14-6-8-26(23,24)11-14/h3-5,7,9-10,14H,6,8,11H2,1-2H3,(H,19,20)(H,21,22). The van der Waals surface area contributed by atoms with Crippen LogP contribution in [-0.2, 0) is 9.84 Å². The van der Waals surface area contributed by atoms with Gasteiger partial charge in [-0.05, 0) is 43.2 Å². The van der Waals surface area contributed by atoms with Crippen LogP contribution in [0.15, 0.2) is 36.5 Å². The fraction of sp³-hybridized carbons (Fsp3) is 0.333. The Hall–Kier alpha value is -2.61. The average Bonchev–Trinajstić information content (AvgIpc) is 2.94. The van der Waals surface area contributed by atoms with Gasteiger partial charge in [-0.3, -0.25) is 4.79 Å². The van der Waals surface area contributed by atoms with Gasteiger partial charge in [0.25, 0.3) is 5.91 Å². The number of nitrogens with one attached hydrogen (secondary N) is 2. The van der Waals surface area contributed by atoms with E-state index in [1.807, 2.05) is 19.1 Å². The Labute approximate surface area is 152 Å². The fourth-order valence-corrected chi connectivity index (χ4v) is 4.56. The number of carbonyl (C=O) groups excluding carboxylic acids is 1. The van der Waals surface area contributed by atoms with Gasteiger partial charge in [0.1, 0.15) is 11.6 Å². The van der Waals surface area contributed by atoms with E-state index in [1.54, 1.807) is 25.3 Å². The second-order valence-corrected chi connectivity index (χ2v) is 8.56. The van der Waals surface area contributed by atoms with Gasteiger partial charge in [-0.25, -0.2) is 13.4 Å².